The largest absolute Gasteiger partial charge is 0.456 e. The van der Waals surface area contributed by atoms with Crippen LogP contribution in [0, 0.1) is 0 Å². The van der Waals surface area contributed by atoms with Crippen molar-refractivity contribution in [3.8, 4) is 22.3 Å². The maximum atomic E-state index is 6.51. The Balaban J connectivity index is 1.08. The van der Waals surface area contributed by atoms with E-state index in [2.05, 4.69) is 151 Å². The number of para-hydroxylation sites is 1. The van der Waals surface area contributed by atoms with Gasteiger partial charge in [0, 0.05) is 32.7 Å². The quantitative estimate of drug-likeness (QED) is 0.125. The van der Waals surface area contributed by atoms with Gasteiger partial charge in [0.25, 0.3) is 0 Å². The number of nitrogens with zero attached hydrogens (tertiary/aromatic N) is 3. The minimum Gasteiger partial charge on any atom is -0.456 e. The van der Waals surface area contributed by atoms with Gasteiger partial charge in [0.05, 0.1) is 6.54 Å². The molecule has 0 N–H and O–H groups in total. The molecule has 0 amide bonds. The van der Waals surface area contributed by atoms with Crippen molar-refractivity contribution in [2.45, 2.75) is 6.54 Å². The Morgan fingerprint density at radius 1 is 0.424 bits per heavy atom. The zero-order valence-electron chi connectivity index (χ0n) is 32.0. The van der Waals surface area contributed by atoms with Gasteiger partial charge in [-0.2, -0.15) is 0 Å². The van der Waals surface area contributed by atoms with Crippen LogP contribution in [0.1, 0.15) is 16.7 Å². The summed E-state index contributed by atoms with van der Waals surface area (Å²) >= 11 is 0. The van der Waals surface area contributed by atoms with Gasteiger partial charge < -0.3 is 8.83 Å². The van der Waals surface area contributed by atoms with Gasteiger partial charge in [-0.3, -0.25) is 4.99 Å². The first-order chi connectivity index (χ1) is 29.2. The number of benzene rings is 9. The molecule has 0 unspecified atom stereocenters. The molecule has 0 aliphatic heterocycles. The first-order valence-electron chi connectivity index (χ1n) is 19.7. The van der Waals surface area contributed by atoms with E-state index in [0.717, 1.165) is 88.0 Å². The van der Waals surface area contributed by atoms with E-state index in [9.17, 15) is 0 Å². The summed E-state index contributed by atoms with van der Waals surface area (Å²) in [6.45, 7) is 4.49. The molecule has 2 aromatic heterocycles. The highest BCUT2D eigenvalue weighted by atomic mass is 16.3. The lowest BCUT2D eigenvalue weighted by Gasteiger charge is -2.13. The van der Waals surface area contributed by atoms with E-state index in [1.165, 1.54) is 16.3 Å². The van der Waals surface area contributed by atoms with Crippen LogP contribution in [-0.2, 0) is 6.54 Å². The van der Waals surface area contributed by atoms with Crippen LogP contribution in [0.2, 0.25) is 0 Å². The van der Waals surface area contributed by atoms with E-state index in [-0.39, 0.29) is 0 Å². The van der Waals surface area contributed by atoms with Crippen molar-refractivity contribution in [3.05, 3.63) is 205 Å². The van der Waals surface area contributed by atoms with Crippen molar-refractivity contribution in [1.29, 1.82) is 0 Å². The first-order valence-corrected chi connectivity index (χ1v) is 19.7. The zero-order valence-corrected chi connectivity index (χ0v) is 32.0. The zero-order chi connectivity index (χ0) is 39.3. The number of rotatable bonds is 6. The molecule has 11 rings (SSSR count). The smallest absolute Gasteiger partial charge is 0.161 e. The minimum atomic E-state index is 0.445. The van der Waals surface area contributed by atoms with Gasteiger partial charge in [-0.1, -0.05) is 152 Å². The SMILES string of the molecule is C=N/C(=N\C(=N/Cc1ccccc1)c1cccc2oc3ccccc3c12)c1ccc(-c2cccc3oc4ccc(-c5cccc6ccccc56)cc4c23)c2ccccc12. The molecular weight excluding hydrogens is 723 g/mol. The second-order valence-electron chi connectivity index (χ2n) is 14.7. The number of fused-ring (bicyclic) bond motifs is 8. The van der Waals surface area contributed by atoms with E-state index >= 15 is 0 Å². The number of aliphatic imine (C=N–C) groups is 3. The van der Waals surface area contributed by atoms with Crippen LogP contribution in [0.4, 0.5) is 0 Å². The van der Waals surface area contributed by atoms with E-state index in [4.69, 9.17) is 18.8 Å². The van der Waals surface area contributed by atoms with Crippen molar-refractivity contribution in [3.63, 3.8) is 0 Å². The fourth-order valence-electron chi connectivity index (χ4n) is 8.60. The average Bonchev–Trinajstić information content (AvgIpc) is 3.88. The van der Waals surface area contributed by atoms with Gasteiger partial charge in [0.15, 0.2) is 11.7 Å². The van der Waals surface area contributed by atoms with Crippen molar-refractivity contribution in [2.24, 2.45) is 15.0 Å². The number of amidine groups is 2. The number of hydrogen-bond acceptors (Lipinski definition) is 3. The molecule has 0 aliphatic rings. The third kappa shape index (κ3) is 5.91. The van der Waals surface area contributed by atoms with Gasteiger partial charge in [-0.05, 0) is 92.5 Å². The van der Waals surface area contributed by atoms with E-state index < -0.39 is 0 Å². The maximum absolute atomic E-state index is 6.51. The molecule has 59 heavy (non-hydrogen) atoms. The Morgan fingerprint density at radius 3 is 1.92 bits per heavy atom. The summed E-state index contributed by atoms with van der Waals surface area (Å²) in [6, 6.07) is 64.9. The summed E-state index contributed by atoms with van der Waals surface area (Å²) in [7, 11) is 0. The van der Waals surface area contributed by atoms with E-state index in [0.29, 0.717) is 18.2 Å². The summed E-state index contributed by atoms with van der Waals surface area (Å²) < 4.78 is 12.8. The molecule has 0 bridgehead atoms. The van der Waals surface area contributed by atoms with Crippen LogP contribution in [0.15, 0.2) is 212 Å². The summed E-state index contributed by atoms with van der Waals surface area (Å²) in [4.78, 5) is 15.0. The maximum Gasteiger partial charge on any atom is 0.161 e. The van der Waals surface area contributed by atoms with Crippen LogP contribution in [-0.4, -0.2) is 18.4 Å². The Morgan fingerprint density at radius 2 is 1.07 bits per heavy atom. The molecule has 0 saturated heterocycles. The monoisotopic (exact) mass is 757 g/mol. The molecule has 11 aromatic rings. The Labute approximate surface area is 339 Å². The molecule has 0 aliphatic carbocycles. The molecule has 0 saturated carbocycles. The van der Waals surface area contributed by atoms with Crippen molar-refractivity contribution in [1.82, 2.24) is 0 Å². The fraction of sp³-hybridized carbons (Fsp3) is 0.0185. The average molecular weight is 758 g/mol. The molecule has 0 radical (unpaired) electrons. The standard InChI is InChI=1S/C54H35N3O2/c1-55-53(57-54(56-33-34-14-3-2-4-15-34)45-24-13-27-50-52(45)44-21-9-10-25-47(44)58-50)43-30-29-41(39-19-7-8-20-40(39)43)42-23-12-26-49-51(42)46-32-36(28-31-48(46)59-49)38-22-11-17-35-16-5-6-18-37(35)38/h2-32H,1,33H2/b56-54-,57-53-. The van der Waals surface area contributed by atoms with Crippen LogP contribution < -0.4 is 0 Å². The van der Waals surface area contributed by atoms with Crippen LogP contribution >= 0.6 is 0 Å². The van der Waals surface area contributed by atoms with E-state index in [1.54, 1.807) is 0 Å². The van der Waals surface area contributed by atoms with Crippen LogP contribution in [0.25, 0.3) is 87.7 Å². The number of furan rings is 2. The predicted molar refractivity (Wildman–Crippen MR) is 246 cm³/mol. The van der Waals surface area contributed by atoms with Crippen molar-refractivity contribution >= 4 is 83.8 Å². The van der Waals surface area contributed by atoms with Crippen molar-refractivity contribution < 1.29 is 8.83 Å². The summed E-state index contributed by atoms with van der Waals surface area (Å²) in [5, 5.41) is 8.64. The van der Waals surface area contributed by atoms with Gasteiger partial charge >= 0.3 is 0 Å². The Kier molecular flexibility index (Phi) is 8.30. The van der Waals surface area contributed by atoms with E-state index in [1.807, 2.05) is 48.5 Å². The molecule has 5 nitrogen and oxygen atoms in total. The van der Waals surface area contributed by atoms with Gasteiger partial charge in [0.2, 0.25) is 0 Å². The minimum absolute atomic E-state index is 0.445. The van der Waals surface area contributed by atoms with Crippen molar-refractivity contribution in [2.75, 3.05) is 0 Å². The summed E-state index contributed by atoms with van der Waals surface area (Å²) in [6.07, 6.45) is 0. The molecule has 0 atom stereocenters. The molecule has 0 fully saturated rings. The Hall–Kier alpha value is -7.89. The highest BCUT2D eigenvalue weighted by Crippen LogP contribution is 2.42. The highest BCUT2D eigenvalue weighted by molar-refractivity contribution is 6.24. The van der Waals surface area contributed by atoms with Gasteiger partial charge in [0.1, 0.15) is 22.3 Å². The summed E-state index contributed by atoms with van der Waals surface area (Å²) in [5.41, 5.74) is 10.6. The molecule has 9 aromatic carbocycles. The van der Waals surface area contributed by atoms with Crippen LogP contribution in [0.3, 0.4) is 0 Å². The molecule has 2 heterocycles. The highest BCUT2D eigenvalue weighted by Gasteiger charge is 2.20. The van der Waals surface area contributed by atoms with Crippen LogP contribution in [0.5, 0.6) is 0 Å². The first kappa shape index (κ1) is 34.4. The Bertz CT molecular complexity index is 3490. The second-order valence-corrected chi connectivity index (χ2v) is 14.7. The lowest BCUT2D eigenvalue weighted by atomic mass is 9.91. The third-order valence-electron chi connectivity index (χ3n) is 11.3. The lowest BCUT2D eigenvalue weighted by molar-refractivity contribution is 0.668. The lowest BCUT2D eigenvalue weighted by Crippen LogP contribution is -2.07. The molecule has 5 heteroatoms. The topological polar surface area (TPSA) is 63.4 Å². The fourth-order valence-corrected chi connectivity index (χ4v) is 8.60. The summed E-state index contributed by atoms with van der Waals surface area (Å²) in [5.74, 6) is 1.04. The normalized spacial score (nSPS) is 12.4. The number of hydrogen-bond donors (Lipinski definition) is 0. The molecule has 278 valence electrons. The third-order valence-corrected chi connectivity index (χ3v) is 11.3. The molecular formula is C54H35N3O2. The van der Waals surface area contributed by atoms with Gasteiger partial charge in [-0.25, -0.2) is 9.98 Å². The second kappa shape index (κ2) is 14.2. The van der Waals surface area contributed by atoms with Gasteiger partial charge in [-0.15, -0.1) is 0 Å². The molecule has 0 spiro atoms. The predicted octanol–water partition coefficient (Wildman–Crippen LogP) is 14.2.